The molecule has 0 amide bonds. The number of aliphatic hydroxyl groups excluding tert-OH is 1. The molecule has 0 saturated heterocycles. The van der Waals surface area contributed by atoms with Crippen molar-refractivity contribution in [3.05, 3.63) is 76.5 Å². The number of anilines is 1. The van der Waals surface area contributed by atoms with Crippen LogP contribution in [0.15, 0.2) is 52.9 Å². The monoisotopic (exact) mass is 343 g/mol. The van der Waals surface area contributed by atoms with Crippen molar-refractivity contribution in [2.24, 2.45) is 0 Å². The maximum Gasteiger partial charge on any atom is 0.235 e. The highest BCUT2D eigenvalue weighted by atomic mass is 35.5. The molecule has 1 heterocycles. The molecule has 124 valence electrons. The van der Waals surface area contributed by atoms with E-state index in [1.165, 1.54) is 0 Å². The van der Waals surface area contributed by atoms with Crippen LogP contribution in [0.5, 0.6) is 0 Å². The first-order valence-corrected chi connectivity index (χ1v) is 8.12. The van der Waals surface area contributed by atoms with Crippen molar-refractivity contribution in [2.45, 2.75) is 26.0 Å². The lowest BCUT2D eigenvalue weighted by atomic mass is 10.00. The fourth-order valence-electron chi connectivity index (χ4n) is 2.41. The van der Waals surface area contributed by atoms with E-state index in [0.29, 0.717) is 35.3 Å². The lowest BCUT2D eigenvalue weighted by Crippen LogP contribution is -2.07. The maximum absolute atomic E-state index is 10.7. The summed E-state index contributed by atoms with van der Waals surface area (Å²) >= 11 is 6.11. The van der Waals surface area contributed by atoms with Crippen LogP contribution in [0.4, 0.5) is 5.69 Å². The molecule has 24 heavy (non-hydrogen) atoms. The Hall–Kier alpha value is -2.37. The Morgan fingerprint density at radius 2 is 1.88 bits per heavy atom. The van der Waals surface area contributed by atoms with Gasteiger partial charge in [0.15, 0.2) is 0 Å². The van der Waals surface area contributed by atoms with Gasteiger partial charge in [0, 0.05) is 22.7 Å². The Morgan fingerprint density at radius 1 is 1.12 bits per heavy atom. The molecule has 2 N–H and O–H groups in total. The van der Waals surface area contributed by atoms with Crippen LogP contribution in [0.25, 0.3) is 0 Å². The number of aryl methyl sites for hydroxylation is 1. The number of aliphatic hydroxyl groups is 1. The largest absolute Gasteiger partial charge is 0.423 e. The van der Waals surface area contributed by atoms with E-state index in [-0.39, 0.29) is 0 Å². The molecule has 0 aliphatic carbocycles. The second kappa shape index (κ2) is 7.47. The number of nitrogens with zero attached hydrogens (tertiary/aromatic N) is 2. The fourth-order valence-corrected chi connectivity index (χ4v) is 2.59. The summed E-state index contributed by atoms with van der Waals surface area (Å²) < 4.78 is 5.49. The smallest absolute Gasteiger partial charge is 0.235 e. The molecule has 5 nitrogen and oxygen atoms in total. The molecule has 6 heteroatoms. The number of nitrogens with one attached hydrogen (secondary N) is 1. The number of benzene rings is 2. The Labute approximate surface area is 145 Å². The van der Waals surface area contributed by atoms with E-state index in [9.17, 15) is 5.11 Å². The van der Waals surface area contributed by atoms with Crippen LogP contribution in [0.1, 0.15) is 35.9 Å². The van der Waals surface area contributed by atoms with Crippen molar-refractivity contribution in [3.8, 4) is 0 Å². The molecule has 1 atom stereocenters. The van der Waals surface area contributed by atoms with E-state index < -0.39 is 6.10 Å². The van der Waals surface area contributed by atoms with Gasteiger partial charge in [-0.05, 0) is 23.8 Å². The van der Waals surface area contributed by atoms with Gasteiger partial charge in [-0.2, -0.15) is 0 Å². The van der Waals surface area contributed by atoms with Gasteiger partial charge in [0.25, 0.3) is 0 Å². The van der Waals surface area contributed by atoms with E-state index in [1.807, 2.05) is 43.3 Å². The van der Waals surface area contributed by atoms with Crippen molar-refractivity contribution in [1.29, 1.82) is 0 Å². The van der Waals surface area contributed by atoms with Crippen LogP contribution < -0.4 is 5.32 Å². The van der Waals surface area contributed by atoms with Gasteiger partial charge in [-0.3, -0.25) is 0 Å². The highest BCUT2D eigenvalue weighted by molar-refractivity contribution is 6.30. The minimum absolute atomic E-state index is 0.378. The molecule has 2 aromatic carbocycles. The predicted molar refractivity (Wildman–Crippen MR) is 93.0 cm³/mol. The van der Waals surface area contributed by atoms with Gasteiger partial charge < -0.3 is 14.8 Å². The minimum Gasteiger partial charge on any atom is -0.423 e. The summed E-state index contributed by atoms with van der Waals surface area (Å²) in [5.74, 6) is 1.11. The highest BCUT2D eigenvalue weighted by Crippen LogP contribution is 2.31. The summed E-state index contributed by atoms with van der Waals surface area (Å²) in [4.78, 5) is 0. The Bertz CT molecular complexity index is 805. The molecule has 0 bridgehead atoms. The minimum atomic E-state index is -0.777. The molecule has 0 aliphatic heterocycles. The van der Waals surface area contributed by atoms with Gasteiger partial charge in [-0.25, -0.2) is 0 Å². The lowest BCUT2D eigenvalue weighted by molar-refractivity contribution is 0.221. The van der Waals surface area contributed by atoms with Crippen molar-refractivity contribution in [3.63, 3.8) is 0 Å². The average Bonchev–Trinajstić information content (AvgIpc) is 3.09. The van der Waals surface area contributed by atoms with Gasteiger partial charge in [-0.15, -0.1) is 10.2 Å². The fraction of sp³-hybridized carbons (Fsp3) is 0.222. The van der Waals surface area contributed by atoms with Crippen LogP contribution in [0.2, 0.25) is 5.02 Å². The van der Waals surface area contributed by atoms with Crippen molar-refractivity contribution < 1.29 is 9.52 Å². The second-order valence-corrected chi connectivity index (χ2v) is 5.78. The summed E-state index contributed by atoms with van der Waals surface area (Å²) in [5.41, 5.74) is 2.27. The molecule has 0 aliphatic rings. The van der Waals surface area contributed by atoms with E-state index in [4.69, 9.17) is 16.0 Å². The standard InChI is InChI=1S/C18H18ClN3O2/c1-2-16-21-22-17(24-16)11-20-15-9-8-13(19)10-14(15)18(23)12-6-4-3-5-7-12/h3-10,18,20,23H,2,11H2,1H3/t18-/m1/s1. The molecule has 0 spiro atoms. The molecule has 0 saturated carbocycles. The Balaban J connectivity index is 1.82. The van der Waals surface area contributed by atoms with E-state index in [1.54, 1.807) is 12.1 Å². The van der Waals surface area contributed by atoms with Gasteiger partial charge in [0.2, 0.25) is 11.8 Å². The first-order chi connectivity index (χ1) is 11.7. The zero-order valence-electron chi connectivity index (χ0n) is 13.2. The van der Waals surface area contributed by atoms with Crippen molar-refractivity contribution in [2.75, 3.05) is 5.32 Å². The summed E-state index contributed by atoms with van der Waals surface area (Å²) in [6.07, 6.45) is -0.0763. The highest BCUT2D eigenvalue weighted by Gasteiger charge is 2.16. The zero-order valence-corrected chi connectivity index (χ0v) is 14.0. The third kappa shape index (κ3) is 3.75. The van der Waals surface area contributed by atoms with Crippen LogP contribution in [-0.4, -0.2) is 15.3 Å². The number of halogens is 1. The second-order valence-electron chi connectivity index (χ2n) is 5.34. The van der Waals surface area contributed by atoms with E-state index >= 15 is 0 Å². The van der Waals surface area contributed by atoms with Crippen LogP contribution in [0.3, 0.4) is 0 Å². The van der Waals surface area contributed by atoms with Crippen molar-refractivity contribution >= 4 is 17.3 Å². The Morgan fingerprint density at radius 3 is 2.58 bits per heavy atom. The summed E-state index contributed by atoms with van der Waals surface area (Å²) in [7, 11) is 0. The van der Waals surface area contributed by atoms with Crippen LogP contribution in [0, 0.1) is 0 Å². The summed E-state index contributed by atoms with van der Waals surface area (Å²) in [6, 6.07) is 14.8. The molecule has 0 unspecified atom stereocenters. The van der Waals surface area contributed by atoms with Gasteiger partial charge >= 0.3 is 0 Å². The molecule has 0 fully saturated rings. The third-order valence-corrected chi connectivity index (χ3v) is 3.90. The van der Waals surface area contributed by atoms with Gasteiger partial charge in [0.1, 0.15) is 6.10 Å². The summed E-state index contributed by atoms with van der Waals surface area (Å²) in [5, 5.41) is 22.4. The summed E-state index contributed by atoms with van der Waals surface area (Å²) in [6.45, 7) is 2.33. The van der Waals surface area contributed by atoms with Crippen molar-refractivity contribution in [1.82, 2.24) is 10.2 Å². The van der Waals surface area contributed by atoms with Gasteiger partial charge in [0.05, 0.1) is 6.54 Å². The Kier molecular flexibility index (Phi) is 5.13. The average molecular weight is 344 g/mol. The molecule has 1 aromatic heterocycles. The zero-order chi connectivity index (χ0) is 16.9. The topological polar surface area (TPSA) is 71.2 Å². The number of hydrogen-bond donors (Lipinski definition) is 2. The molecule has 0 radical (unpaired) electrons. The lowest BCUT2D eigenvalue weighted by Gasteiger charge is -2.17. The number of rotatable bonds is 6. The van der Waals surface area contributed by atoms with Crippen LogP contribution >= 0.6 is 11.6 Å². The molecular weight excluding hydrogens is 326 g/mol. The SMILES string of the molecule is CCc1nnc(CNc2ccc(Cl)cc2[C@H](O)c2ccccc2)o1. The normalized spacial score (nSPS) is 12.1. The molecule has 3 rings (SSSR count). The molecular formula is C18H18ClN3O2. The van der Waals surface area contributed by atoms with Gasteiger partial charge in [-0.1, -0.05) is 48.9 Å². The predicted octanol–water partition coefficient (Wildman–Crippen LogP) is 3.98. The quantitative estimate of drug-likeness (QED) is 0.708. The first kappa shape index (κ1) is 16.5. The number of hydrogen-bond acceptors (Lipinski definition) is 5. The molecule has 3 aromatic rings. The maximum atomic E-state index is 10.7. The third-order valence-electron chi connectivity index (χ3n) is 3.66. The van der Waals surface area contributed by atoms with E-state index in [2.05, 4.69) is 15.5 Å². The first-order valence-electron chi connectivity index (χ1n) is 7.75. The van der Waals surface area contributed by atoms with E-state index in [0.717, 1.165) is 11.3 Å². The number of aromatic nitrogens is 2. The van der Waals surface area contributed by atoms with Crippen LogP contribution in [-0.2, 0) is 13.0 Å².